The van der Waals surface area contributed by atoms with Gasteiger partial charge in [-0.25, -0.2) is 0 Å². The van der Waals surface area contributed by atoms with E-state index in [0.29, 0.717) is 16.2 Å². The molecule has 150 valence electrons. The predicted octanol–water partition coefficient (Wildman–Crippen LogP) is 6.24. The van der Waals surface area contributed by atoms with Gasteiger partial charge in [-0.1, -0.05) is 60.7 Å². The van der Waals surface area contributed by atoms with E-state index in [-0.39, 0.29) is 17.3 Å². The van der Waals surface area contributed by atoms with Crippen molar-refractivity contribution in [2.24, 2.45) is 0 Å². The van der Waals surface area contributed by atoms with Crippen molar-refractivity contribution in [1.82, 2.24) is 0 Å². The molecule has 0 saturated carbocycles. The second-order valence-electron chi connectivity index (χ2n) is 7.06. The first-order valence-corrected chi connectivity index (χ1v) is 12.1. The number of rotatable bonds is 6. The van der Waals surface area contributed by atoms with Gasteiger partial charge in [-0.05, 0) is 48.6 Å². The van der Waals surface area contributed by atoms with E-state index in [9.17, 15) is 9.36 Å². The molecule has 0 spiro atoms. The highest BCUT2D eigenvalue weighted by Gasteiger charge is 2.38. The zero-order valence-electron chi connectivity index (χ0n) is 16.7. The van der Waals surface area contributed by atoms with Crippen molar-refractivity contribution in [1.29, 1.82) is 0 Å². The summed E-state index contributed by atoms with van der Waals surface area (Å²) in [6, 6.07) is 18.0. The molecular weight excluding hydrogens is 422 g/mol. The third-order valence-corrected chi connectivity index (χ3v) is 8.95. The topological polar surface area (TPSA) is 34.1 Å². The van der Waals surface area contributed by atoms with Crippen LogP contribution in [0.1, 0.15) is 38.2 Å². The summed E-state index contributed by atoms with van der Waals surface area (Å²) in [6.07, 6.45) is 0. The molecule has 3 aromatic carbocycles. The lowest BCUT2D eigenvalue weighted by Crippen LogP contribution is -2.24. The molecule has 0 unspecified atom stereocenters. The van der Waals surface area contributed by atoms with Gasteiger partial charge in [0.2, 0.25) is 12.7 Å². The fourth-order valence-corrected chi connectivity index (χ4v) is 7.27. The van der Waals surface area contributed by atoms with Crippen molar-refractivity contribution in [2.75, 3.05) is 0 Å². The Morgan fingerprint density at radius 1 is 0.724 bits per heavy atom. The van der Waals surface area contributed by atoms with E-state index in [1.165, 1.54) is 0 Å². The summed E-state index contributed by atoms with van der Waals surface area (Å²) in [5, 5.41) is 1.05. The summed E-state index contributed by atoms with van der Waals surface area (Å²) in [5.41, 5.74) is 4.41. The van der Waals surface area contributed by atoms with Gasteiger partial charge in [0.15, 0.2) is 0 Å². The Morgan fingerprint density at radius 3 is 1.45 bits per heavy atom. The fourth-order valence-electron chi connectivity index (χ4n) is 3.87. The molecule has 0 aliphatic heterocycles. The number of carbonyl (C=O) groups is 1. The molecule has 0 amide bonds. The SMILES string of the molecule is Cc1c(CCl)c(C)c(C(=O)P(=O)(c2ccccc2)c2ccccc2)c(C)c1CCl. The van der Waals surface area contributed by atoms with Crippen LogP contribution >= 0.6 is 30.3 Å². The second-order valence-corrected chi connectivity index (χ2v) is 10.3. The van der Waals surface area contributed by atoms with Crippen LogP contribution in [0.15, 0.2) is 60.7 Å². The van der Waals surface area contributed by atoms with Gasteiger partial charge >= 0.3 is 0 Å². The number of alkyl halides is 2. The smallest absolute Gasteiger partial charge is 0.230 e. The molecule has 0 N–H and O–H groups in total. The van der Waals surface area contributed by atoms with Crippen molar-refractivity contribution in [3.63, 3.8) is 0 Å². The third kappa shape index (κ3) is 3.70. The summed E-state index contributed by atoms with van der Waals surface area (Å²) >= 11 is 12.4. The first kappa shape index (κ1) is 21.8. The second kappa shape index (κ2) is 8.88. The van der Waals surface area contributed by atoms with Crippen LogP contribution in [0.3, 0.4) is 0 Å². The Balaban J connectivity index is 2.36. The van der Waals surface area contributed by atoms with Gasteiger partial charge in [0.1, 0.15) is 0 Å². The largest absolute Gasteiger partial charge is 0.305 e. The molecule has 2 nitrogen and oxygen atoms in total. The number of benzene rings is 3. The van der Waals surface area contributed by atoms with Gasteiger partial charge in [0.05, 0.1) is 0 Å². The molecular formula is C24H23Cl2O2P. The van der Waals surface area contributed by atoms with Gasteiger partial charge in [-0.3, -0.25) is 4.79 Å². The highest BCUT2D eigenvalue weighted by atomic mass is 35.5. The van der Waals surface area contributed by atoms with Crippen LogP contribution in [0.4, 0.5) is 0 Å². The minimum Gasteiger partial charge on any atom is -0.305 e. The van der Waals surface area contributed by atoms with Crippen molar-refractivity contribution >= 4 is 46.5 Å². The Morgan fingerprint density at radius 2 is 1.10 bits per heavy atom. The van der Waals surface area contributed by atoms with Gasteiger partial charge < -0.3 is 4.57 Å². The first-order valence-electron chi connectivity index (χ1n) is 9.37. The van der Waals surface area contributed by atoms with Crippen molar-refractivity contribution in [2.45, 2.75) is 32.5 Å². The van der Waals surface area contributed by atoms with Crippen LogP contribution in [-0.4, -0.2) is 5.52 Å². The van der Waals surface area contributed by atoms with E-state index in [0.717, 1.165) is 27.8 Å². The normalized spacial score (nSPS) is 11.5. The molecule has 0 saturated heterocycles. The van der Waals surface area contributed by atoms with Crippen LogP contribution in [0.2, 0.25) is 0 Å². The maximum atomic E-state index is 14.5. The van der Waals surface area contributed by atoms with Crippen molar-refractivity contribution < 1.29 is 9.36 Å². The summed E-state index contributed by atoms with van der Waals surface area (Å²) < 4.78 is 14.5. The van der Waals surface area contributed by atoms with E-state index in [1.54, 1.807) is 48.5 Å². The number of hydrogen-bond donors (Lipinski definition) is 0. The molecule has 0 aliphatic rings. The lowest BCUT2D eigenvalue weighted by Gasteiger charge is -2.24. The van der Waals surface area contributed by atoms with Gasteiger partial charge in [-0.15, -0.1) is 23.2 Å². The van der Waals surface area contributed by atoms with Gasteiger partial charge in [0.25, 0.3) is 0 Å². The maximum Gasteiger partial charge on any atom is 0.230 e. The van der Waals surface area contributed by atoms with Crippen LogP contribution < -0.4 is 10.6 Å². The Hall–Kier alpha value is -1.86. The Bertz CT molecular complexity index is 1020. The average Bonchev–Trinajstić information content (AvgIpc) is 2.75. The molecule has 0 radical (unpaired) electrons. The van der Waals surface area contributed by atoms with Crippen LogP contribution in [0.5, 0.6) is 0 Å². The molecule has 0 fully saturated rings. The zero-order valence-corrected chi connectivity index (χ0v) is 19.1. The first-order chi connectivity index (χ1) is 13.9. The third-order valence-electron chi connectivity index (χ3n) is 5.57. The highest BCUT2D eigenvalue weighted by Crippen LogP contribution is 2.49. The molecule has 29 heavy (non-hydrogen) atoms. The molecule has 0 aliphatic carbocycles. The molecule has 5 heteroatoms. The van der Waals surface area contributed by atoms with E-state index in [2.05, 4.69) is 0 Å². The summed E-state index contributed by atoms with van der Waals surface area (Å²) in [7, 11) is -3.59. The van der Waals surface area contributed by atoms with Crippen LogP contribution in [0, 0.1) is 20.8 Å². The van der Waals surface area contributed by atoms with Crippen LogP contribution in [0.25, 0.3) is 0 Å². The monoisotopic (exact) mass is 444 g/mol. The maximum absolute atomic E-state index is 14.5. The molecule has 0 heterocycles. The summed E-state index contributed by atoms with van der Waals surface area (Å²) in [5.74, 6) is 0.534. The number of carbonyl (C=O) groups excluding carboxylic acids is 1. The molecule has 0 atom stereocenters. The standard InChI is InChI=1S/C24H23Cl2O2P/c1-16-21(14-25)17(2)23(18(3)22(16)15-26)24(27)29(28,19-10-6-4-7-11-19)20-12-8-5-9-13-20/h4-13H,14-15H2,1-3H3. The molecule has 0 aromatic heterocycles. The van der Waals surface area contributed by atoms with Gasteiger partial charge in [0, 0.05) is 27.9 Å². The van der Waals surface area contributed by atoms with E-state index in [1.807, 2.05) is 32.9 Å². The summed E-state index contributed by atoms with van der Waals surface area (Å²) in [4.78, 5) is 14.0. The lowest BCUT2D eigenvalue weighted by atomic mass is 9.90. The number of halogens is 2. The Labute approximate surface area is 182 Å². The van der Waals surface area contributed by atoms with E-state index < -0.39 is 7.14 Å². The van der Waals surface area contributed by atoms with E-state index in [4.69, 9.17) is 23.2 Å². The number of hydrogen-bond acceptors (Lipinski definition) is 2. The zero-order chi connectivity index (χ0) is 21.2. The van der Waals surface area contributed by atoms with E-state index >= 15 is 0 Å². The summed E-state index contributed by atoms with van der Waals surface area (Å²) in [6.45, 7) is 5.73. The highest BCUT2D eigenvalue weighted by molar-refractivity contribution is 7.93. The average molecular weight is 445 g/mol. The minimum absolute atomic E-state index is 0.267. The quantitative estimate of drug-likeness (QED) is 0.332. The molecule has 0 bridgehead atoms. The predicted molar refractivity (Wildman–Crippen MR) is 124 cm³/mol. The molecule has 3 rings (SSSR count). The van der Waals surface area contributed by atoms with Crippen LogP contribution in [-0.2, 0) is 16.3 Å². The van der Waals surface area contributed by atoms with Crippen molar-refractivity contribution in [3.05, 3.63) is 94.0 Å². The van der Waals surface area contributed by atoms with Gasteiger partial charge in [-0.2, -0.15) is 0 Å². The minimum atomic E-state index is -3.59. The lowest BCUT2D eigenvalue weighted by molar-refractivity contribution is 0.107. The fraction of sp³-hybridized carbons (Fsp3) is 0.208. The van der Waals surface area contributed by atoms with Crippen molar-refractivity contribution in [3.8, 4) is 0 Å². The Kier molecular flexibility index (Phi) is 6.69. The molecule has 3 aromatic rings.